The first-order valence-corrected chi connectivity index (χ1v) is 7.10. The van der Waals surface area contributed by atoms with E-state index >= 15 is 0 Å². The summed E-state index contributed by atoms with van der Waals surface area (Å²) in [7, 11) is 0. The predicted octanol–water partition coefficient (Wildman–Crippen LogP) is 2.70. The molecular formula is C13H21NOS. The van der Waals surface area contributed by atoms with E-state index in [1.807, 2.05) is 11.3 Å². The number of nitrogens with one attached hydrogen (secondary N) is 1. The molecule has 1 aromatic rings. The monoisotopic (exact) mass is 239 g/mol. The second kappa shape index (κ2) is 6.38. The van der Waals surface area contributed by atoms with Gasteiger partial charge in [-0.25, -0.2) is 0 Å². The van der Waals surface area contributed by atoms with E-state index in [1.165, 1.54) is 24.1 Å². The van der Waals surface area contributed by atoms with Crippen LogP contribution in [0.2, 0.25) is 0 Å². The Kier molecular flexibility index (Phi) is 4.82. The number of hydrogen-bond donors (Lipinski definition) is 1. The Hall–Kier alpha value is -0.380. The van der Waals surface area contributed by atoms with Crippen LogP contribution in [0.15, 0.2) is 17.5 Å². The van der Waals surface area contributed by atoms with Crippen molar-refractivity contribution in [3.8, 4) is 0 Å². The van der Waals surface area contributed by atoms with Crippen molar-refractivity contribution in [1.29, 1.82) is 0 Å². The van der Waals surface area contributed by atoms with Crippen LogP contribution in [0.3, 0.4) is 0 Å². The fourth-order valence-corrected chi connectivity index (χ4v) is 2.90. The predicted molar refractivity (Wildman–Crippen MR) is 69.0 cm³/mol. The van der Waals surface area contributed by atoms with E-state index < -0.39 is 0 Å². The molecule has 0 amide bonds. The maximum Gasteiger partial charge on any atom is 0.0507 e. The summed E-state index contributed by atoms with van der Waals surface area (Å²) < 4.78 is 5.39. The highest BCUT2D eigenvalue weighted by Gasteiger charge is 2.17. The molecule has 0 spiro atoms. The smallest absolute Gasteiger partial charge is 0.0507 e. The zero-order valence-corrected chi connectivity index (χ0v) is 10.8. The summed E-state index contributed by atoms with van der Waals surface area (Å²) in [4.78, 5) is 1.49. The molecule has 1 aromatic heterocycles. The van der Waals surface area contributed by atoms with Crippen molar-refractivity contribution in [2.75, 3.05) is 19.8 Å². The number of ether oxygens (including phenoxy) is 1. The summed E-state index contributed by atoms with van der Waals surface area (Å²) >= 11 is 1.86. The summed E-state index contributed by atoms with van der Waals surface area (Å²) in [6.45, 7) is 5.27. The van der Waals surface area contributed by atoms with Gasteiger partial charge in [0, 0.05) is 24.1 Å². The van der Waals surface area contributed by atoms with Gasteiger partial charge in [-0.2, -0.15) is 0 Å². The van der Waals surface area contributed by atoms with Crippen molar-refractivity contribution in [3.05, 3.63) is 22.4 Å². The van der Waals surface area contributed by atoms with Gasteiger partial charge in [-0.15, -0.1) is 11.3 Å². The van der Waals surface area contributed by atoms with Crippen molar-refractivity contribution in [2.45, 2.75) is 32.2 Å². The van der Waals surface area contributed by atoms with E-state index in [2.05, 4.69) is 29.8 Å². The Balaban J connectivity index is 1.72. The summed E-state index contributed by atoms with van der Waals surface area (Å²) in [5.41, 5.74) is 0. The minimum absolute atomic E-state index is 0.624. The molecular weight excluding hydrogens is 218 g/mol. The van der Waals surface area contributed by atoms with E-state index in [0.717, 1.165) is 25.7 Å². The largest absolute Gasteiger partial charge is 0.381 e. The molecule has 2 rings (SSSR count). The first kappa shape index (κ1) is 12.1. The van der Waals surface area contributed by atoms with Crippen molar-refractivity contribution in [1.82, 2.24) is 5.32 Å². The van der Waals surface area contributed by atoms with Crippen LogP contribution in [-0.2, 0) is 11.2 Å². The Labute approximate surface area is 102 Å². The van der Waals surface area contributed by atoms with Gasteiger partial charge < -0.3 is 10.1 Å². The normalized spacial score (nSPS) is 22.4. The van der Waals surface area contributed by atoms with Gasteiger partial charge in [0.15, 0.2) is 0 Å². The van der Waals surface area contributed by atoms with E-state index in [0.29, 0.717) is 6.04 Å². The minimum Gasteiger partial charge on any atom is -0.381 e. The molecule has 16 heavy (non-hydrogen) atoms. The quantitative estimate of drug-likeness (QED) is 0.824. The SMILES string of the molecule is CCC(Cc1cccs1)NCC1CCOC1. The molecule has 3 heteroatoms. The number of rotatable bonds is 6. The topological polar surface area (TPSA) is 21.3 Å². The van der Waals surface area contributed by atoms with Gasteiger partial charge >= 0.3 is 0 Å². The van der Waals surface area contributed by atoms with Crippen LogP contribution < -0.4 is 5.32 Å². The maximum atomic E-state index is 5.39. The molecule has 2 nitrogen and oxygen atoms in total. The molecule has 1 aliphatic rings. The highest BCUT2D eigenvalue weighted by Crippen LogP contribution is 2.14. The highest BCUT2D eigenvalue weighted by atomic mass is 32.1. The lowest BCUT2D eigenvalue weighted by Crippen LogP contribution is -2.34. The van der Waals surface area contributed by atoms with Crippen LogP contribution in [0.4, 0.5) is 0 Å². The molecule has 0 saturated carbocycles. The van der Waals surface area contributed by atoms with Gasteiger partial charge in [-0.1, -0.05) is 13.0 Å². The minimum atomic E-state index is 0.624. The van der Waals surface area contributed by atoms with E-state index in [9.17, 15) is 0 Å². The Morgan fingerprint density at radius 3 is 3.19 bits per heavy atom. The Morgan fingerprint density at radius 1 is 1.62 bits per heavy atom. The third-order valence-corrected chi connectivity index (χ3v) is 4.14. The van der Waals surface area contributed by atoms with Gasteiger partial charge in [0.2, 0.25) is 0 Å². The van der Waals surface area contributed by atoms with Crippen LogP contribution in [-0.4, -0.2) is 25.8 Å². The molecule has 2 atom stereocenters. The fraction of sp³-hybridized carbons (Fsp3) is 0.692. The van der Waals surface area contributed by atoms with Crippen LogP contribution in [0.5, 0.6) is 0 Å². The molecule has 90 valence electrons. The van der Waals surface area contributed by atoms with E-state index in [-0.39, 0.29) is 0 Å². The zero-order chi connectivity index (χ0) is 11.2. The summed E-state index contributed by atoms with van der Waals surface area (Å²) in [6.07, 6.45) is 3.59. The van der Waals surface area contributed by atoms with Gasteiger partial charge in [-0.05, 0) is 36.6 Å². The van der Waals surface area contributed by atoms with Crippen LogP contribution in [0.1, 0.15) is 24.6 Å². The number of thiophene rings is 1. The van der Waals surface area contributed by atoms with Gasteiger partial charge in [0.25, 0.3) is 0 Å². The summed E-state index contributed by atoms with van der Waals surface area (Å²) in [6, 6.07) is 4.99. The molecule has 1 aliphatic heterocycles. The first-order chi connectivity index (χ1) is 7.88. The summed E-state index contributed by atoms with van der Waals surface area (Å²) in [5.74, 6) is 0.734. The molecule has 0 aromatic carbocycles. The van der Waals surface area contributed by atoms with Crippen molar-refractivity contribution in [3.63, 3.8) is 0 Å². The van der Waals surface area contributed by atoms with Crippen LogP contribution in [0, 0.1) is 5.92 Å². The average molecular weight is 239 g/mol. The van der Waals surface area contributed by atoms with Gasteiger partial charge in [0.05, 0.1) is 6.61 Å². The van der Waals surface area contributed by atoms with Crippen LogP contribution >= 0.6 is 11.3 Å². The first-order valence-electron chi connectivity index (χ1n) is 6.22. The van der Waals surface area contributed by atoms with Gasteiger partial charge in [0.1, 0.15) is 0 Å². The molecule has 2 heterocycles. The van der Waals surface area contributed by atoms with E-state index in [4.69, 9.17) is 4.74 Å². The second-order valence-electron chi connectivity index (χ2n) is 4.53. The second-order valence-corrected chi connectivity index (χ2v) is 5.56. The molecule has 1 fully saturated rings. The molecule has 0 radical (unpaired) electrons. The summed E-state index contributed by atoms with van der Waals surface area (Å²) in [5, 5.41) is 5.84. The van der Waals surface area contributed by atoms with Crippen molar-refractivity contribution < 1.29 is 4.74 Å². The molecule has 1 saturated heterocycles. The lowest BCUT2D eigenvalue weighted by molar-refractivity contribution is 0.184. The fourth-order valence-electron chi connectivity index (χ4n) is 2.11. The average Bonchev–Trinajstić information content (AvgIpc) is 2.97. The van der Waals surface area contributed by atoms with Crippen LogP contribution in [0.25, 0.3) is 0 Å². The standard InChI is InChI=1S/C13H21NOS/c1-2-12(8-13-4-3-7-16-13)14-9-11-5-6-15-10-11/h3-4,7,11-12,14H,2,5-6,8-10H2,1H3. The third-order valence-electron chi connectivity index (χ3n) is 3.24. The van der Waals surface area contributed by atoms with E-state index in [1.54, 1.807) is 0 Å². The lowest BCUT2D eigenvalue weighted by Gasteiger charge is -2.18. The van der Waals surface area contributed by atoms with Crippen molar-refractivity contribution >= 4 is 11.3 Å². The van der Waals surface area contributed by atoms with Gasteiger partial charge in [-0.3, -0.25) is 0 Å². The van der Waals surface area contributed by atoms with Crippen molar-refractivity contribution in [2.24, 2.45) is 5.92 Å². The molecule has 0 aliphatic carbocycles. The molecule has 1 N–H and O–H groups in total. The molecule has 2 unspecified atom stereocenters. The number of hydrogen-bond acceptors (Lipinski definition) is 3. The lowest BCUT2D eigenvalue weighted by atomic mass is 10.1. The molecule has 0 bridgehead atoms. The maximum absolute atomic E-state index is 5.39. The Bertz CT molecular complexity index is 280. The third kappa shape index (κ3) is 3.58. The Morgan fingerprint density at radius 2 is 2.56 bits per heavy atom. The highest BCUT2D eigenvalue weighted by molar-refractivity contribution is 7.09. The zero-order valence-electron chi connectivity index (χ0n) is 9.95.